The van der Waals surface area contributed by atoms with Crippen molar-refractivity contribution in [2.24, 2.45) is 5.16 Å². The van der Waals surface area contributed by atoms with Gasteiger partial charge in [0.25, 0.3) is 0 Å². The molecular weight excluding hydrogens is 508 g/mol. The van der Waals surface area contributed by atoms with Crippen LogP contribution in [0.25, 0.3) is 0 Å². The normalized spacial score (nSPS) is 11.2. The Kier molecular flexibility index (Phi) is 12.6. The number of benzene rings is 2. The summed E-state index contributed by atoms with van der Waals surface area (Å²) >= 11 is 23.6. The Labute approximate surface area is 215 Å². The SMILES string of the molecule is CCCON=C(C)c1ccc(OCCCCOc2c(Cl)cc(OCC=C(Cl)Cl)cc2Cl)cc1. The highest BCUT2D eigenvalue weighted by atomic mass is 35.5. The summed E-state index contributed by atoms with van der Waals surface area (Å²) in [5.41, 5.74) is 1.83. The molecule has 0 atom stereocenters. The first-order valence-corrected chi connectivity index (χ1v) is 12.1. The zero-order valence-electron chi connectivity index (χ0n) is 18.6. The minimum absolute atomic E-state index is 0.130. The summed E-state index contributed by atoms with van der Waals surface area (Å²) in [4.78, 5) is 5.22. The van der Waals surface area contributed by atoms with Crippen LogP contribution in [0.5, 0.6) is 17.2 Å². The van der Waals surface area contributed by atoms with Crippen molar-refractivity contribution < 1.29 is 19.0 Å². The van der Waals surface area contributed by atoms with E-state index in [-0.39, 0.29) is 11.1 Å². The summed E-state index contributed by atoms with van der Waals surface area (Å²) < 4.78 is 17.1. The molecule has 2 aromatic carbocycles. The van der Waals surface area contributed by atoms with Crippen LogP contribution in [0, 0.1) is 0 Å². The minimum Gasteiger partial charge on any atom is -0.494 e. The summed E-state index contributed by atoms with van der Waals surface area (Å²) in [5, 5.41) is 4.83. The summed E-state index contributed by atoms with van der Waals surface area (Å²) in [6.07, 6.45) is 4.04. The van der Waals surface area contributed by atoms with Gasteiger partial charge in [-0.15, -0.1) is 0 Å². The van der Waals surface area contributed by atoms with Crippen molar-refractivity contribution in [1.29, 1.82) is 0 Å². The zero-order chi connectivity index (χ0) is 24.1. The van der Waals surface area contributed by atoms with Crippen LogP contribution in [-0.4, -0.2) is 32.1 Å². The first kappa shape index (κ1) is 27.5. The van der Waals surface area contributed by atoms with Crippen molar-refractivity contribution in [3.8, 4) is 17.2 Å². The lowest BCUT2D eigenvalue weighted by Gasteiger charge is -2.12. The van der Waals surface area contributed by atoms with E-state index < -0.39 is 0 Å². The Bertz CT molecular complexity index is 906. The Morgan fingerprint density at radius 3 is 2.12 bits per heavy atom. The van der Waals surface area contributed by atoms with E-state index in [1.807, 2.05) is 38.1 Å². The summed E-state index contributed by atoms with van der Waals surface area (Å²) in [7, 11) is 0. The lowest BCUT2D eigenvalue weighted by molar-refractivity contribution is 0.145. The number of halogens is 4. The Balaban J connectivity index is 1.71. The van der Waals surface area contributed by atoms with Gasteiger partial charge in [0.05, 0.1) is 29.0 Å². The van der Waals surface area contributed by atoms with Crippen molar-refractivity contribution in [2.75, 3.05) is 26.4 Å². The van der Waals surface area contributed by atoms with Gasteiger partial charge >= 0.3 is 0 Å². The van der Waals surface area contributed by atoms with Crippen LogP contribution in [-0.2, 0) is 4.84 Å². The van der Waals surface area contributed by atoms with Crippen molar-refractivity contribution in [2.45, 2.75) is 33.1 Å². The van der Waals surface area contributed by atoms with Gasteiger partial charge in [-0.1, -0.05) is 58.5 Å². The molecule has 0 radical (unpaired) electrons. The van der Waals surface area contributed by atoms with Crippen LogP contribution in [0.1, 0.15) is 38.7 Å². The summed E-state index contributed by atoms with van der Waals surface area (Å²) in [5.74, 6) is 1.72. The van der Waals surface area contributed by atoms with Gasteiger partial charge in [-0.3, -0.25) is 0 Å². The predicted molar refractivity (Wildman–Crippen MR) is 137 cm³/mol. The van der Waals surface area contributed by atoms with E-state index in [4.69, 9.17) is 65.5 Å². The van der Waals surface area contributed by atoms with Gasteiger partial charge in [-0.05, 0) is 62.1 Å². The molecule has 0 bridgehead atoms. The molecule has 9 heteroatoms. The Morgan fingerprint density at radius 2 is 1.52 bits per heavy atom. The smallest absolute Gasteiger partial charge is 0.156 e. The minimum atomic E-state index is 0.130. The number of oxime groups is 1. The van der Waals surface area contributed by atoms with Gasteiger partial charge in [0, 0.05) is 12.1 Å². The molecule has 0 saturated heterocycles. The predicted octanol–water partition coefficient (Wildman–Crippen LogP) is 8.08. The standard InChI is InChI=1S/C24H27Cl4NO4/c1-3-11-33-29-17(2)18-6-8-19(9-7-18)30-12-4-5-13-32-24-21(25)15-20(16-22(24)26)31-14-10-23(27)28/h6-10,15-16H,3-5,11-14H2,1-2H3. The van der Waals surface area contributed by atoms with Gasteiger partial charge in [0.15, 0.2) is 5.75 Å². The molecule has 180 valence electrons. The Morgan fingerprint density at radius 1 is 0.879 bits per heavy atom. The van der Waals surface area contributed by atoms with Crippen LogP contribution in [0.3, 0.4) is 0 Å². The topological polar surface area (TPSA) is 49.3 Å². The largest absolute Gasteiger partial charge is 0.494 e. The highest BCUT2D eigenvalue weighted by molar-refractivity contribution is 6.55. The monoisotopic (exact) mass is 533 g/mol. The highest BCUT2D eigenvalue weighted by Crippen LogP contribution is 2.37. The molecule has 2 rings (SSSR count). The van der Waals surface area contributed by atoms with E-state index in [0.29, 0.717) is 41.4 Å². The molecule has 33 heavy (non-hydrogen) atoms. The molecule has 0 aromatic heterocycles. The van der Waals surface area contributed by atoms with Crippen molar-refractivity contribution in [3.63, 3.8) is 0 Å². The van der Waals surface area contributed by atoms with Crippen LogP contribution in [0.15, 0.2) is 52.1 Å². The van der Waals surface area contributed by atoms with Crippen molar-refractivity contribution in [1.82, 2.24) is 0 Å². The fourth-order valence-electron chi connectivity index (χ4n) is 2.61. The molecule has 0 N–H and O–H groups in total. The molecule has 0 fully saturated rings. The molecule has 5 nitrogen and oxygen atoms in total. The molecule has 0 amide bonds. The molecule has 0 aliphatic rings. The van der Waals surface area contributed by atoms with Gasteiger partial charge < -0.3 is 19.0 Å². The third-order valence-electron chi connectivity index (χ3n) is 4.28. The molecule has 0 aliphatic carbocycles. The molecule has 0 aliphatic heterocycles. The van der Waals surface area contributed by atoms with Crippen LogP contribution in [0.4, 0.5) is 0 Å². The number of unbranched alkanes of at least 4 members (excludes halogenated alkanes) is 1. The number of ether oxygens (including phenoxy) is 3. The Hall–Kier alpha value is -1.79. The maximum Gasteiger partial charge on any atom is 0.156 e. The number of hydrogen-bond donors (Lipinski definition) is 0. The lowest BCUT2D eigenvalue weighted by atomic mass is 10.1. The quantitative estimate of drug-likeness (QED) is 0.139. The maximum absolute atomic E-state index is 6.27. The van der Waals surface area contributed by atoms with Crippen molar-refractivity contribution >= 4 is 52.1 Å². The van der Waals surface area contributed by atoms with Gasteiger partial charge in [-0.25, -0.2) is 0 Å². The highest BCUT2D eigenvalue weighted by Gasteiger charge is 2.10. The van der Waals surface area contributed by atoms with Gasteiger partial charge in [0.2, 0.25) is 0 Å². The summed E-state index contributed by atoms with van der Waals surface area (Å²) in [6, 6.07) is 11.0. The fourth-order valence-corrected chi connectivity index (χ4v) is 3.31. The first-order valence-electron chi connectivity index (χ1n) is 10.6. The number of hydrogen-bond acceptors (Lipinski definition) is 5. The summed E-state index contributed by atoms with van der Waals surface area (Å²) in [6.45, 7) is 5.81. The third kappa shape index (κ3) is 10.3. The molecular formula is C24H27Cl4NO4. The molecule has 2 aromatic rings. The van der Waals surface area contributed by atoms with Crippen molar-refractivity contribution in [3.05, 3.63) is 62.6 Å². The number of rotatable bonds is 14. The number of nitrogens with zero attached hydrogens (tertiary/aromatic N) is 1. The second kappa shape index (κ2) is 15.2. The van der Waals surface area contributed by atoms with Crippen LogP contribution in [0.2, 0.25) is 10.0 Å². The van der Waals surface area contributed by atoms with Crippen LogP contribution < -0.4 is 14.2 Å². The molecule has 0 saturated carbocycles. The van der Waals surface area contributed by atoms with E-state index in [9.17, 15) is 0 Å². The lowest BCUT2D eigenvalue weighted by Crippen LogP contribution is -2.04. The van der Waals surface area contributed by atoms with Gasteiger partial charge in [-0.2, -0.15) is 0 Å². The second-order valence-corrected chi connectivity index (χ2v) is 8.78. The molecule has 0 heterocycles. The average Bonchev–Trinajstić information content (AvgIpc) is 2.78. The molecule has 0 spiro atoms. The maximum atomic E-state index is 6.27. The van der Waals surface area contributed by atoms with E-state index in [1.165, 1.54) is 6.08 Å². The van der Waals surface area contributed by atoms with E-state index in [1.54, 1.807) is 12.1 Å². The van der Waals surface area contributed by atoms with Crippen LogP contribution >= 0.6 is 46.4 Å². The van der Waals surface area contributed by atoms with Gasteiger partial charge in [0.1, 0.15) is 29.2 Å². The average molecular weight is 535 g/mol. The fraction of sp³-hybridized carbons (Fsp3) is 0.375. The molecule has 0 unspecified atom stereocenters. The van der Waals surface area contributed by atoms with E-state index >= 15 is 0 Å². The third-order valence-corrected chi connectivity index (χ3v) is 5.15. The zero-order valence-corrected chi connectivity index (χ0v) is 21.6. The first-order chi connectivity index (χ1) is 15.9. The van der Waals surface area contributed by atoms with E-state index in [2.05, 4.69) is 5.16 Å². The van der Waals surface area contributed by atoms with E-state index in [0.717, 1.165) is 36.3 Å². The second-order valence-electron chi connectivity index (χ2n) is 6.96.